The molecule has 5 heteroatoms. The lowest BCUT2D eigenvalue weighted by Gasteiger charge is -2.18. The Morgan fingerprint density at radius 3 is 2.79 bits per heavy atom. The minimum atomic E-state index is -0.00549. The molecule has 0 aliphatic heterocycles. The second-order valence-electron chi connectivity index (χ2n) is 4.75. The Labute approximate surface area is 123 Å². The first-order chi connectivity index (χ1) is 9.19. The van der Waals surface area contributed by atoms with E-state index in [4.69, 9.17) is 11.6 Å². The zero-order valence-corrected chi connectivity index (χ0v) is 12.6. The van der Waals surface area contributed by atoms with E-state index in [1.807, 2.05) is 11.8 Å². The van der Waals surface area contributed by atoms with Crippen molar-refractivity contribution in [1.29, 1.82) is 0 Å². The third-order valence-electron chi connectivity index (χ3n) is 3.41. The standard InChI is InChI=1S/C14H19ClN2OS/c1-19-13-4-2-3-12(13)16-9-14(18)17-11-7-5-10(15)6-8-11/h5-8,12-13,16H,2-4,9H2,1H3,(H,17,18). The molecule has 1 amide bonds. The highest BCUT2D eigenvalue weighted by molar-refractivity contribution is 7.99. The molecule has 1 aromatic carbocycles. The Bertz CT molecular complexity index is 424. The van der Waals surface area contributed by atoms with Gasteiger partial charge in [-0.15, -0.1) is 0 Å². The third-order valence-corrected chi connectivity index (χ3v) is 4.83. The molecular weight excluding hydrogens is 280 g/mol. The number of carbonyl (C=O) groups is 1. The van der Waals surface area contributed by atoms with E-state index in [1.54, 1.807) is 24.3 Å². The lowest BCUT2D eigenvalue weighted by molar-refractivity contribution is -0.115. The summed E-state index contributed by atoms with van der Waals surface area (Å²) in [6, 6.07) is 7.61. The Hall–Kier alpha value is -0.710. The van der Waals surface area contributed by atoms with Gasteiger partial charge in [-0.1, -0.05) is 18.0 Å². The Kier molecular flexibility index (Phi) is 5.55. The molecule has 0 saturated heterocycles. The van der Waals surface area contributed by atoms with Gasteiger partial charge in [-0.25, -0.2) is 0 Å². The van der Waals surface area contributed by atoms with Crippen LogP contribution in [0.4, 0.5) is 5.69 Å². The van der Waals surface area contributed by atoms with Crippen LogP contribution in [0.5, 0.6) is 0 Å². The fourth-order valence-corrected chi connectivity index (χ4v) is 3.49. The number of hydrogen-bond acceptors (Lipinski definition) is 3. The van der Waals surface area contributed by atoms with Crippen molar-refractivity contribution in [2.24, 2.45) is 0 Å². The zero-order chi connectivity index (χ0) is 13.7. The molecule has 3 nitrogen and oxygen atoms in total. The number of carbonyl (C=O) groups excluding carboxylic acids is 1. The van der Waals surface area contributed by atoms with Gasteiger partial charge in [0, 0.05) is 22.0 Å². The number of rotatable bonds is 5. The number of anilines is 1. The van der Waals surface area contributed by atoms with E-state index in [0.29, 0.717) is 22.9 Å². The fourth-order valence-electron chi connectivity index (χ4n) is 2.40. The van der Waals surface area contributed by atoms with Crippen LogP contribution in [0, 0.1) is 0 Å². The van der Waals surface area contributed by atoms with E-state index in [9.17, 15) is 4.79 Å². The maximum atomic E-state index is 11.8. The molecule has 1 fully saturated rings. The molecule has 1 aromatic rings. The lowest BCUT2D eigenvalue weighted by Crippen LogP contribution is -2.39. The van der Waals surface area contributed by atoms with E-state index < -0.39 is 0 Å². The van der Waals surface area contributed by atoms with E-state index in [2.05, 4.69) is 16.9 Å². The number of amides is 1. The van der Waals surface area contributed by atoms with Crippen LogP contribution < -0.4 is 10.6 Å². The number of thioether (sulfide) groups is 1. The normalized spacial score (nSPS) is 22.4. The highest BCUT2D eigenvalue weighted by Crippen LogP contribution is 2.28. The van der Waals surface area contributed by atoms with Crippen molar-refractivity contribution in [3.63, 3.8) is 0 Å². The summed E-state index contributed by atoms with van der Waals surface area (Å²) < 4.78 is 0. The molecule has 1 saturated carbocycles. The van der Waals surface area contributed by atoms with Crippen molar-refractivity contribution in [1.82, 2.24) is 5.32 Å². The molecule has 1 aliphatic rings. The first-order valence-electron chi connectivity index (χ1n) is 6.50. The van der Waals surface area contributed by atoms with Gasteiger partial charge in [-0.05, 0) is 43.4 Å². The molecule has 0 heterocycles. The second-order valence-corrected chi connectivity index (χ2v) is 6.26. The van der Waals surface area contributed by atoms with E-state index in [-0.39, 0.29) is 5.91 Å². The molecule has 0 radical (unpaired) electrons. The van der Waals surface area contributed by atoms with Gasteiger partial charge < -0.3 is 10.6 Å². The lowest BCUT2D eigenvalue weighted by atomic mass is 10.2. The van der Waals surface area contributed by atoms with Crippen molar-refractivity contribution >= 4 is 35.0 Å². The molecule has 0 spiro atoms. The quantitative estimate of drug-likeness (QED) is 0.877. The van der Waals surface area contributed by atoms with Crippen molar-refractivity contribution in [3.05, 3.63) is 29.3 Å². The maximum absolute atomic E-state index is 11.8. The summed E-state index contributed by atoms with van der Waals surface area (Å²) >= 11 is 7.69. The third kappa shape index (κ3) is 4.41. The molecule has 2 unspecified atom stereocenters. The van der Waals surface area contributed by atoms with Crippen LogP contribution in [0.2, 0.25) is 5.02 Å². The van der Waals surface area contributed by atoms with E-state index >= 15 is 0 Å². The molecule has 19 heavy (non-hydrogen) atoms. The van der Waals surface area contributed by atoms with E-state index in [0.717, 1.165) is 5.69 Å². The highest BCUT2D eigenvalue weighted by atomic mass is 35.5. The zero-order valence-electron chi connectivity index (χ0n) is 11.0. The Morgan fingerprint density at radius 2 is 2.11 bits per heavy atom. The van der Waals surface area contributed by atoms with Gasteiger partial charge in [-0.2, -0.15) is 11.8 Å². The summed E-state index contributed by atoms with van der Waals surface area (Å²) in [5.41, 5.74) is 0.782. The summed E-state index contributed by atoms with van der Waals surface area (Å²) in [4.78, 5) is 11.8. The summed E-state index contributed by atoms with van der Waals surface area (Å²) in [7, 11) is 0. The predicted octanol–water partition coefficient (Wildman–Crippen LogP) is 3.15. The minimum absolute atomic E-state index is 0.00549. The fraction of sp³-hybridized carbons (Fsp3) is 0.500. The Morgan fingerprint density at radius 1 is 1.37 bits per heavy atom. The summed E-state index contributed by atoms with van der Waals surface area (Å²) in [5.74, 6) is -0.00549. The molecule has 2 atom stereocenters. The number of halogens is 1. The molecular formula is C14H19ClN2OS. The average molecular weight is 299 g/mol. The Balaban J connectivity index is 1.77. The van der Waals surface area contributed by atoms with E-state index in [1.165, 1.54) is 19.3 Å². The first-order valence-corrected chi connectivity index (χ1v) is 8.17. The van der Waals surface area contributed by atoms with Crippen molar-refractivity contribution < 1.29 is 4.79 Å². The van der Waals surface area contributed by atoms with Crippen molar-refractivity contribution in [2.75, 3.05) is 18.1 Å². The van der Waals surface area contributed by atoms with Gasteiger partial charge in [0.2, 0.25) is 5.91 Å². The summed E-state index contributed by atoms with van der Waals surface area (Å²) in [6.45, 7) is 0.365. The van der Waals surface area contributed by atoms with Crippen molar-refractivity contribution in [3.8, 4) is 0 Å². The topological polar surface area (TPSA) is 41.1 Å². The van der Waals surface area contributed by atoms with Crippen LogP contribution in [0.25, 0.3) is 0 Å². The van der Waals surface area contributed by atoms with Gasteiger partial charge >= 0.3 is 0 Å². The number of hydrogen-bond donors (Lipinski definition) is 2. The monoisotopic (exact) mass is 298 g/mol. The summed E-state index contributed by atoms with van der Waals surface area (Å²) in [5, 5.41) is 7.53. The molecule has 104 valence electrons. The SMILES string of the molecule is CSC1CCCC1NCC(=O)Nc1ccc(Cl)cc1. The smallest absolute Gasteiger partial charge is 0.238 e. The van der Waals surface area contributed by atoms with Gasteiger partial charge in [0.25, 0.3) is 0 Å². The number of benzene rings is 1. The molecule has 2 N–H and O–H groups in total. The van der Waals surface area contributed by atoms with Gasteiger partial charge in [0.05, 0.1) is 6.54 Å². The molecule has 2 rings (SSSR count). The summed E-state index contributed by atoms with van der Waals surface area (Å²) in [6.07, 6.45) is 5.80. The van der Waals surface area contributed by atoms with Crippen LogP contribution in [0.15, 0.2) is 24.3 Å². The van der Waals surface area contributed by atoms with Gasteiger partial charge in [0.15, 0.2) is 0 Å². The second kappa shape index (κ2) is 7.17. The van der Waals surface area contributed by atoms with Crippen LogP contribution in [-0.4, -0.2) is 30.0 Å². The first kappa shape index (κ1) is 14.7. The molecule has 0 aromatic heterocycles. The van der Waals surface area contributed by atoms with Crippen LogP contribution in [0.3, 0.4) is 0 Å². The largest absolute Gasteiger partial charge is 0.325 e. The maximum Gasteiger partial charge on any atom is 0.238 e. The van der Waals surface area contributed by atoms with Crippen molar-refractivity contribution in [2.45, 2.75) is 30.6 Å². The minimum Gasteiger partial charge on any atom is -0.325 e. The average Bonchev–Trinajstić information content (AvgIpc) is 2.86. The molecule has 1 aliphatic carbocycles. The predicted molar refractivity (Wildman–Crippen MR) is 83.0 cm³/mol. The van der Waals surface area contributed by atoms with Gasteiger partial charge in [0.1, 0.15) is 0 Å². The number of nitrogens with one attached hydrogen (secondary N) is 2. The van der Waals surface area contributed by atoms with Gasteiger partial charge in [-0.3, -0.25) is 4.79 Å². The van der Waals surface area contributed by atoms with Crippen LogP contribution in [0.1, 0.15) is 19.3 Å². The highest BCUT2D eigenvalue weighted by Gasteiger charge is 2.26. The van der Waals surface area contributed by atoms with Crippen LogP contribution in [-0.2, 0) is 4.79 Å². The van der Waals surface area contributed by atoms with Crippen LogP contribution >= 0.6 is 23.4 Å². The molecule has 0 bridgehead atoms.